The number of rotatable bonds is 3. The molecular weight excluding hydrogens is 240 g/mol. The predicted molar refractivity (Wildman–Crippen MR) is 78.0 cm³/mol. The van der Waals surface area contributed by atoms with Crippen molar-refractivity contribution in [3.63, 3.8) is 0 Å². The van der Waals surface area contributed by atoms with Gasteiger partial charge in [0.1, 0.15) is 0 Å². The molecule has 0 fully saturated rings. The smallest absolute Gasteiger partial charge is 0.182 e. The minimum absolute atomic E-state index is 0.631. The number of aromatic nitrogens is 1. The van der Waals surface area contributed by atoms with Crippen LogP contribution < -0.4 is 4.80 Å². The van der Waals surface area contributed by atoms with Crippen LogP contribution in [0.2, 0.25) is 0 Å². The van der Waals surface area contributed by atoms with E-state index >= 15 is 0 Å². The van der Waals surface area contributed by atoms with E-state index in [0.717, 1.165) is 12.8 Å². The Labute approximate surface area is 112 Å². The summed E-state index contributed by atoms with van der Waals surface area (Å²) >= 11 is 1.60. The fourth-order valence-electron chi connectivity index (χ4n) is 2.16. The van der Waals surface area contributed by atoms with Gasteiger partial charge < -0.3 is 4.57 Å². The number of aryl methyl sites for hydroxylation is 3. The number of hydrogen-bond donors (Lipinski definition) is 1. The number of nitrogens with zero attached hydrogens (tertiary/aromatic N) is 1. The Hall–Kier alpha value is -1.35. The minimum Gasteiger partial charge on any atom is -0.320 e. The molecule has 0 saturated heterocycles. The molecule has 2 rings (SSSR count). The first kappa shape index (κ1) is 13.1. The van der Waals surface area contributed by atoms with Gasteiger partial charge in [-0.2, -0.15) is 0 Å². The molecule has 0 amide bonds. The minimum atomic E-state index is 0.631. The van der Waals surface area contributed by atoms with Crippen LogP contribution >= 0.6 is 11.3 Å². The van der Waals surface area contributed by atoms with Gasteiger partial charge >= 0.3 is 0 Å². The summed E-state index contributed by atoms with van der Waals surface area (Å²) in [5.41, 5.74) is 5.08. The van der Waals surface area contributed by atoms with E-state index in [2.05, 4.69) is 39.0 Å². The Kier molecular flexibility index (Phi) is 3.71. The maximum atomic E-state index is 7.99. The topological polar surface area (TPSA) is 28.8 Å². The third-order valence-corrected chi connectivity index (χ3v) is 4.49. The Morgan fingerprint density at radius 3 is 2.56 bits per heavy atom. The lowest BCUT2D eigenvalue weighted by Crippen LogP contribution is -2.09. The van der Waals surface area contributed by atoms with Crippen LogP contribution in [0.15, 0.2) is 18.2 Å². The van der Waals surface area contributed by atoms with Crippen LogP contribution in [0, 0.1) is 19.3 Å². The third-order valence-electron chi connectivity index (χ3n) is 3.38. The molecule has 0 bridgehead atoms. The van der Waals surface area contributed by atoms with Crippen LogP contribution in [0.5, 0.6) is 0 Å². The van der Waals surface area contributed by atoms with Crippen LogP contribution in [-0.2, 0) is 13.5 Å². The number of nitrogens with one attached hydrogen (secondary N) is 1. The third kappa shape index (κ3) is 2.27. The van der Waals surface area contributed by atoms with Gasteiger partial charge in [-0.05, 0) is 43.0 Å². The zero-order valence-corrected chi connectivity index (χ0v) is 12.3. The van der Waals surface area contributed by atoms with E-state index in [1.165, 1.54) is 27.3 Å². The summed E-state index contributed by atoms with van der Waals surface area (Å²) in [6, 6.07) is 6.57. The molecular formula is C15H20N2S. The highest BCUT2D eigenvalue weighted by molar-refractivity contribution is 7.09. The van der Waals surface area contributed by atoms with Crippen LogP contribution in [0.4, 0.5) is 0 Å². The van der Waals surface area contributed by atoms with Crippen LogP contribution in [0.1, 0.15) is 29.3 Å². The van der Waals surface area contributed by atoms with Crippen molar-refractivity contribution in [2.75, 3.05) is 0 Å². The summed E-state index contributed by atoms with van der Waals surface area (Å²) in [6.45, 7) is 6.47. The first-order valence-corrected chi connectivity index (χ1v) is 7.17. The highest BCUT2D eigenvalue weighted by Crippen LogP contribution is 2.27. The van der Waals surface area contributed by atoms with Crippen molar-refractivity contribution in [1.82, 2.24) is 4.57 Å². The molecule has 2 aromatic rings. The van der Waals surface area contributed by atoms with Crippen molar-refractivity contribution < 1.29 is 0 Å². The molecule has 96 valence electrons. The molecule has 1 aromatic heterocycles. The van der Waals surface area contributed by atoms with E-state index in [4.69, 9.17) is 5.41 Å². The van der Waals surface area contributed by atoms with Gasteiger partial charge in [-0.25, -0.2) is 0 Å². The molecule has 1 aromatic carbocycles. The molecule has 0 aliphatic rings. The Bertz CT molecular complexity index is 620. The van der Waals surface area contributed by atoms with E-state index in [1.807, 2.05) is 11.6 Å². The lowest BCUT2D eigenvalue weighted by Gasteiger charge is -2.09. The Morgan fingerprint density at radius 1 is 1.22 bits per heavy atom. The second-order valence-electron chi connectivity index (χ2n) is 4.79. The molecule has 0 unspecified atom stereocenters. The fourth-order valence-corrected chi connectivity index (χ4v) is 3.28. The molecule has 0 aliphatic carbocycles. The van der Waals surface area contributed by atoms with E-state index in [9.17, 15) is 0 Å². The lowest BCUT2D eigenvalue weighted by atomic mass is 10.0. The second-order valence-corrected chi connectivity index (χ2v) is 5.87. The van der Waals surface area contributed by atoms with Crippen molar-refractivity contribution in [1.29, 1.82) is 5.41 Å². The second kappa shape index (κ2) is 5.11. The quantitative estimate of drug-likeness (QED) is 0.869. The zero-order valence-electron chi connectivity index (χ0n) is 11.5. The first-order valence-electron chi connectivity index (χ1n) is 6.35. The summed E-state index contributed by atoms with van der Waals surface area (Å²) in [5.74, 6) is 0. The summed E-state index contributed by atoms with van der Waals surface area (Å²) in [6.07, 6.45) is 2.18. The zero-order chi connectivity index (χ0) is 13.3. The van der Waals surface area contributed by atoms with Gasteiger partial charge in [-0.1, -0.05) is 25.5 Å². The van der Waals surface area contributed by atoms with Crippen molar-refractivity contribution in [2.24, 2.45) is 7.05 Å². The van der Waals surface area contributed by atoms with Crippen LogP contribution in [0.3, 0.4) is 0 Å². The van der Waals surface area contributed by atoms with Crippen LogP contribution in [-0.4, -0.2) is 4.57 Å². The molecule has 0 atom stereocenters. The largest absolute Gasteiger partial charge is 0.320 e. The molecule has 1 N–H and O–H groups in total. The van der Waals surface area contributed by atoms with Crippen molar-refractivity contribution >= 4 is 11.3 Å². The summed E-state index contributed by atoms with van der Waals surface area (Å²) in [4.78, 5) is 1.96. The molecule has 18 heavy (non-hydrogen) atoms. The summed E-state index contributed by atoms with van der Waals surface area (Å²) < 4.78 is 2.00. The number of hydrogen-bond acceptors (Lipinski definition) is 2. The number of benzene rings is 1. The van der Waals surface area contributed by atoms with Crippen molar-refractivity contribution in [2.45, 2.75) is 33.6 Å². The molecule has 1 heterocycles. The standard InChI is InChI=1S/C15H20N2S/c1-5-6-13-14(17(4)15(16)18-13)12-8-7-10(2)11(3)9-12/h7-9,16H,5-6H2,1-4H3. The Morgan fingerprint density at radius 2 is 1.94 bits per heavy atom. The van der Waals surface area contributed by atoms with Gasteiger partial charge in [0.25, 0.3) is 0 Å². The van der Waals surface area contributed by atoms with Gasteiger partial charge in [-0.3, -0.25) is 5.41 Å². The van der Waals surface area contributed by atoms with Gasteiger partial charge in [0.15, 0.2) is 4.80 Å². The SMILES string of the molecule is CCCc1sc(=N)n(C)c1-c1ccc(C)c(C)c1. The molecule has 0 radical (unpaired) electrons. The lowest BCUT2D eigenvalue weighted by molar-refractivity contribution is 0.851. The normalized spacial score (nSPS) is 10.9. The average Bonchev–Trinajstić information content (AvgIpc) is 2.60. The molecule has 0 aliphatic heterocycles. The monoisotopic (exact) mass is 260 g/mol. The average molecular weight is 260 g/mol. The van der Waals surface area contributed by atoms with E-state index < -0.39 is 0 Å². The van der Waals surface area contributed by atoms with Gasteiger partial charge in [0.05, 0.1) is 5.69 Å². The molecule has 2 nitrogen and oxygen atoms in total. The maximum absolute atomic E-state index is 7.99. The van der Waals surface area contributed by atoms with Crippen LogP contribution in [0.25, 0.3) is 11.3 Å². The Balaban J connectivity index is 2.61. The summed E-state index contributed by atoms with van der Waals surface area (Å²) in [7, 11) is 1.99. The number of thiazole rings is 1. The highest BCUT2D eigenvalue weighted by atomic mass is 32.1. The fraction of sp³-hybridized carbons (Fsp3) is 0.400. The highest BCUT2D eigenvalue weighted by Gasteiger charge is 2.12. The van der Waals surface area contributed by atoms with E-state index in [-0.39, 0.29) is 0 Å². The van der Waals surface area contributed by atoms with E-state index in [1.54, 1.807) is 11.3 Å². The molecule has 0 spiro atoms. The van der Waals surface area contributed by atoms with E-state index in [0.29, 0.717) is 4.80 Å². The van der Waals surface area contributed by atoms with Crippen molar-refractivity contribution in [3.8, 4) is 11.3 Å². The molecule has 3 heteroatoms. The van der Waals surface area contributed by atoms with Gasteiger partial charge in [-0.15, -0.1) is 11.3 Å². The van der Waals surface area contributed by atoms with Gasteiger partial charge in [0, 0.05) is 11.9 Å². The summed E-state index contributed by atoms with van der Waals surface area (Å²) in [5, 5.41) is 7.99. The van der Waals surface area contributed by atoms with Gasteiger partial charge in [0.2, 0.25) is 0 Å². The first-order chi connectivity index (χ1) is 8.54. The predicted octanol–water partition coefficient (Wildman–Crippen LogP) is 3.80. The van der Waals surface area contributed by atoms with Crippen molar-refractivity contribution in [3.05, 3.63) is 39.0 Å². The maximum Gasteiger partial charge on any atom is 0.182 e. The molecule has 0 saturated carbocycles.